The van der Waals surface area contributed by atoms with E-state index in [1.165, 1.54) is 12.4 Å². The predicted octanol–water partition coefficient (Wildman–Crippen LogP) is 4.01. The number of H-pyrrole nitrogens is 1. The number of anilines is 2. The standard InChI is InChI=1S/C21H23F3N6O/c1-3-13(2)9-30-18(28-17-19(30)25-12-26-20(17)31)15-8-27-29(11-15)10-14-5-4-6-16(7-14)21(22,23)24/h4-8,11-13,18,28H,3,9-10H2,1-2H3,(H,25,26,31). The van der Waals surface area contributed by atoms with Crippen molar-refractivity contribution in [3.63, 3.8) is 0 Å². The number of aromatic nitrogens is 4. The zero-order valence-corrected chi connectivity index (χ0v) is 17.1. The van der Waals surface area contributed by atoms with Gasteiger partial charge in [-0.25, -0.2) is 4.98 Å². The summed E-state index contributed by atoms with van der Waals surface area (Å²) in [6.07, 6.45) is 1.07. The lowest BCUT2D eigenvalue weighted by Gasteiger charge is -2.27. The molecule has 7 nitrogen and oxygen atoms in total. The van der Waals surface area contributed by atoms with Gasteiger partial charge in [-0.15, -0.1) is 0 Å². The number of nitrogens with zero attached hydrogens (tertiary/aromatic N) is 4. The van der Waals surface area contributed by atoms with Gasteiger partial charge in [0.2, 0.25) is 0 Å². The van der Waals surface area contributed by atoms with Crippen LogP contribution in [-0.2, 0) is 12.7 Å². The van der Waals surface area contributed by atoms with Crippen LogP contribution in [0.15, 0.2) is 47.8 Å². The van der Waals surface area contributed by atoms with E-state index in [0.717, 1.165) is 24.1 Å². The highest BCUT2D eigenvalue weighted by atomic mass is 19.4. The van der Waals surface area contributed by atoms with E-state index in [-0.39, 0.29) is 18.3 Å². The third-order valence-corrected chi connectivity index (χ3v) is 5.47. The van der Waals surface area contributed by atoms with E-state index >= 15 is 0 Å². The summed E-state index contributed by atoms with van der Waals surface area (Å²) < 4.78 is 40.5. The molecule has 164 valence electrons. The highest BCUT2D eigenvalue weighted by Crippen LogP contribution is 2.37. The van der Waals surface area contributed by atoms with Gasteiger partial charge >= 0.3 is 6.18 Å². The molecule has 4 rings (SSSR count). The second-order valence-corrected chi connectivity index (χ2v) is 7.81. The van der Waals surface area contributed by atoms with Crippen molar-refractivity contribution < 1.29 is 13.2 Å². The molecule has 2 atom stereocenters. The number of aromatic amines is 1. The number of rotatable bonds is 6. The number of halogens is 3. The van der Waals surface area contributed by atoms with Gasteiger partial charge in [0.05, 0.1) is 24.6 Å². The number of fused-ring (bicyclic) bond motifs is 1. The van der Waals surface area contributed by atoms with Gasteiger partial charge in [-0.05, 0) is 23.6 Å². The largest absolute Gasteiger partial charge is 0.416 e. The van der Waals surface area contributed by atoms with Crippen LogP contribution in [0.25, 0.3) is 0 Å². The van der Waals surface area contributed by atoms with Gasteiger partial charge in [0.25, 0.3) is 5.56 Å². The molecule has 0 fully saturated rings. The maximum absolute atomic E-state index is 13.0. The van der Waals surface area contributed by atoms with E-state index in [1.807, 2.05) is 4.90 Å². The van der Waals surface area contributed by atoms with Crippen LogP contribution in [-0.4, -0.2) is 26.3 Å². The van der Waals surface area contributed by atoms with E-state index < -0.39 is 11.7 Å². The molecular weight excluding hydrogens is 409 g/mol. The molecule has 31 heavy (non-hydrogen) atoms. The Morgan fingerprint density at radius 3 is 2.84 bits per heavy atom. The monoisotopic (exact) mass is 432 g/mol. The number of hydrogen-bond acceptors (Lipinski definition) is 5. The van der Waals surface area contributed by atoms with Crippen LogP contribution in [0.3, 0.4) is 0 Å². The second kappa shape index (κ2) is 8.09. The van der Waals surface area contributed by atoms with E-state index in [9.17, 15) is 18.0 Å². The maximum atomic E-state index is 13.0. The van der Waals surface area contributed by atoms with Crippen LogP contribution in [0, 0.1) is 5.92 Å². The molecule has 3 heterocycles. The Balaban J connectivity index is 1.59. The van der Waals surface area contributed by atoms with Gasteiger partial charge < -0.3 is 15.2 Å². The smallest absolute Gasteiger partial charge is 0.354 e. The molecular formula is C21H23F3N6O. The average Bonchev–Trinajstić information content (AvgIpc) is 3.33. The van der Waals surface area contributed by atoms with Crippen molar-refractivity contribution >= 4 is 11.5 Å². The van der Waals surface area contributed by atoms with Crippen molar-refractivity contribution in [3.05, 3.63) is 70.0 Å². The van der Waals surface area contributed by atoms with Crippen molar-refractivity contribution in [3.8, 4) is 0 Å². The molecule has 0 spiro atoms. The zero-order valence-electron chi connectivity index (χ0n) is 17.1. The van der Waals surface area contributed by atoms with Crippen molar-refractivity contribution in [1.82, 2.24) is 19.7 Å². The minimum atomic E-state index is -4.39. The summed E-state index contributed by atoms with van der Waals surface area (Å²) >= 11 is 0. The lowest BCUT2D eigenvalue weighted by molar-refractivity contribution is -0.137. The van der Waals surface area contributed by atoms with Crippen molar-refractivity contribution in [1.29, 1.82) is 0 Å². The van der Waals surface area contributed by atoms with Crippen LogP contribution < -0.4 is 15.8 Å². The van der Waals surface area contributed by atoms with Crippen molar-refractivity contribution in [2.75, 3.05) is 16.8 Å². The summed E-state index contributed by atoms with van der Waals surface area (Å²) in [7, 11) is 0. The fourth-order valence-corrected chi connectivity index (χ4v) is 3.64. The molecule has 1 aliphatic rings. The molecule has 2 aromatic heterocycles. The fourth-order valence-electron chi connectivity index (χ4n) is 3.64. The Morgan fingerprint density at radius 1 is 1.29 bits per heavy atom. The third kappa shape index (κ3) is 4.28. The number of hydrogen-bond donors (Lipinski definition) is 2. The topological polar surface area (TPSA) is 78.8 Å². The Hall–Kier alpha value is -3.30. The molecule has 3 aromatic rings. The first-order chi connectivity index (χ1) is 14.8. The molecule has 0 radical (unpaired) electrons. The van der Waals surface area contributed by atoms with Crippen LogP contribution in [0.2, 0.25) is 0 Å². The fraction of sp³-hybridized carbons (Fsp3) is 0.381. The average molecular weight is 432 g/mol. The molecule has 1 aliphatic heterocycles. The summed E-state index contributed by atoms with van der Waals surface area (Å²) in [5.74, 6) is 0.955. The van der Waals surface area contributed by atoms with E-state index in [2.05, 4.69) is 34.2 Å². The minimum Gasteiger partial charge on any atom is -0.354 e. The van der Waals surface area contributed by atoms with Crippen molar-refractivity contribution in [2.45, 2.75) is 39.2 Å². The molecule has 0 aliphatic carbocycles. The summed E-state index contributed by atoms with van der Waals surface area (Å²) in [5.41, 5.74) is 0.768. The van der Waals surface area contributed by atoms with Crippen LogP contribution in [0.5, 0.6) is 0 Å². The number of nitrogens with one attached hydrogen (secondary N) is 2. The highest BCUT2D eigenvalue weighted by Gasteiger charge is 2.34. The van der Waals surface area contributed by atoms with Gasteiger partial charge in [0, 0.05) is 18.3 Å². The molecule has 0 saturated heterocycles. The Bertz CT molecular complexity index is 1120. The predicted molar refractivity (Wildman–Crippen MR) is 111 cm³/mol. The molecule has 2 N–H and O–H groups in total. The van der Waals surface area contributed by atoms with Crippen molar-refractivity contribution in [2.24, 2.45) is 5.92 Å². The van der Waals surface area contributed by atoms with Gasteiger partial charge in [0.1, 0.15) is 11.9 Å². The van der Waals surface area contributed by atoms with Crippen LogP contribution in [0.1, 0.15) is 43.1 Å². The van der Waals surface area contributed by atoms with E-state index in [1.54, 1.807) is 23.1 Å². The molecule has 0 bridgehead atoms. The summed E-state index contributed by atoms with van der Waals surface area (Å²) in [4.78, 5) is 21.2. The van der Waals surface area contributed by atoms with Crippen LogP contribution >= 0.6 is 0 Å². The SMILES string of the molecule is CCC(C)CN1c2nc[nH]c(=O)c2NC1c1cnn(Cc2cccc(C(F)(F)F)c2)c1. The lowest BCUT2D eigenvalue weighted by Crippen LogP contribution is -2.32. The third-order valence-electron chi connectivity index (χ3n) is 5.47. The van der Waals surface area contributed by atoms with Gasteiger partial charge in [-0.3, -0.25) is 9.48 Å². The highest BCUT2D eigenvalue weighted by molar-refractivity contribution is 5.71. The molecule has 0 saturated carbocycles. The Kier molecular flexibility index (Phi) is 5.47. The first kappa shape index (κ1) is 21.0. The van der Waals surface area contributed by atoms with E-state index in [4.69, 9.17) is 0 Å². The van der Waals surface area contributed by atoms with Gasteiger partial charge in [0.15, 0.2) is 5.82 Å². The Morgan fingerprint density at radius 2 is 2.10 bits per heavy atom. The normalized spacial score (nSPS) is 16.8. The Labute approximate surface area is 176 Å². The van der Waals surface area contributed by atoms with Crippen LogP contribution in [0.4, 0.5) is 24.7 Å². The summed E-state index contributed by atoms with van der Waals surface area (Å²) in [6.45, 7) is 5.12. The molecule has 0 amide bonds. The summed E-state index contributed by atoms with van der Waals surface area (Å²) in [5, 5.41) is 7.55. The van der Waals surface area contributed by atoms with E-state index in [0.29, 0.717) is 29.5 Å². The minimum absolute atomic E-state index is 0.202. The maximum Gasteiger partial charge on any atom is 0.416 e. The van der Waals surface area contributed by atoms with Gasteiger partial charge in [-0.1, -0.05) is 32.4 Å². The molecule has 10 heteroatoms. The number of alkyl halides is 3. The quantitative estimate of drug-likeness (QED) is 0.615. The zero-order chi connectivity index (χ0) is 22.2. The van der Waals surface area contributed by atoms with Gasteiger partial charge in [-0.2, -0.15) is 18.3 Å². The summed E-state index contributed by atoms with van der Waals surface area (Å²) in [6, 6.07) is 5.21. The number of benzene rings is 1. The first-order valence-electron chi connectivity index (χ1n) is 10.1. The molecule has 2 unspecified atom stereocenters. The molecule has 1 aromatic carbocycles. The lowest BCUT2D eigenvalue weighted by atomic mass is 10.1. The second-order valence-electron chi connectivity index (χ2n) is 7.81. The first-order valence-corrected chi connectivity index (χ1v) is 10.1.